The number of rotatable bonds is 6. The predicted octanol–water partition coefficient (Wildman–Crippen LogP) is 4.60. The molecule has 0 unspecified atom stereocenters. The maximum absolute atomic E-state index is 5.75. The highest BCUT2D eigenvalue weighted by atomic mass is 16.5. The maximum atomic E-state index is 5.75. The van der Waals surface area contributed by atoms with Gasteiger partial charge in [0.05, 0.1) is 6.61 Å². The highest BCUT2D eigenvalue weighted by molar-refractivity contribution is 5.83. The third-order valence-electron chi connectivity index (χ3n) is 2.92. The van der Waals surface area contributed by atoms with Crippen LogP contribution in [0.15, 0.2) is 36.4 Å². The Bertz CT molecular complexity index is 462. The van der Waals surface area contributed by atoms with Crippen LogP contribution in [-0.2, 0) is 0 Å². The van der Waals surface area contributed by atoms with Crippen molar-refractivity contribution < 1.29 is 4.74 Å². The molecule has 0 aliphatic heterocycles. The second-order valence-corrected chi connectivity index (χ2v) is 4.34. The van der Waals surface area contributed by atoms with E-state index in [1.807, 2.05) is 18.2 Å². The molecule has 0 aromatic heterocycles. The summed E-state index contributed by atoms with van der Waals surface area (Å²) < 4.78 is 5.75. The fraction of sp³-hybridized carbons (Fsp3) is 0.375. The second kappa shape index (κ2) is 6.29. The van der Waals surface area contributed by atoms with E-state index in [0.29, 0.717) is 0 Å². The van der Waals surface area contributed by atoms with Gasteiger partial charge in [-0.2, -0.15) is 0 Å². The van der Waals surface area contributed by atoms with Gasteiger partial charge in [0.2, 0.25) is 0 Å². The van der Waals surface area contributed by atoms with E-state index in [2.05, 4.69) is 31.2 Å². The fourth-order valence-electron chi connectivity index (χ4n) is 1.91. The first kappa shape index (κ1) is 12.0. The molecule has 0 bridgehead atoms. The largest absolute Gasteiger partial charge is 0.494 e. The Hall–Kier alpha value is -1.50. The van der Waals surface area contributed by atoms with E-state index in [0.717, 1.165) is 18.8 Å². The van der Waals surface area contributed by atoms with Crippen LogP contribution in [0.4, 0.5) is 0 Å². The SMILES string of the molecule is CCCCCCOc1ccc2c[c]ccc2c1. The highest BCUT2D eigenvalue weighted by Gasteiger charge is 1.96. The molecule has 89 valence electrons. The summed E-state index contributed by atoms with van der Waals surface area (Å²) in [6.45, 7) is 3.05. The Labute approximate surface area is 103 Å². The molecule has 2 rings (SSSR count). The van der Waals surface area contributed by atoms with E-state index < -0.39 is 0 Å². The third kappa shape index (κ3) is 3.48. The molecule has 1 radical (unpaired) electrons. The molecule has 0 aliphatic carbocycles. The van der Waals surface area contributed by atoms with Crippen molar-refractivity contribution in [2.75, 3.05) is 6.61 Å². The zero-order valence-electron chi connectivity index (χ0n) is 10.4. The van der Waals surface area contributed by atoms with Crippen molar-refractivity contribution in [3.05, 3.63) is 42.5 Å². The van der Waals surface area contributed by atoms with Crippen molar-refractivity contribution in [3.63, 3.8) is 0 Å². The molecule has 2 aromatic carbocycles. The van der Waals surface area contributed by atoms with Gasteiger partial charge in [-0.15, -0.1) is 0 Å². The van der Waals surface area contributed by atoms with Crippen molar-refractivity contribution >= 4 is 10.8 Å². The minimum atomic E-state index is 0.824. The first-order chi connectivity index (χ1) is 8.40. The van der Waals surface area contributed by atoms with Crippen LogP contribution in [0.1, 0.15) is 32.6 Å². The summed E-state index contributed by atoms with van der Waals surface area (Å²) in [6.07, 6.45) is 4.98. The van der Waals surface area contributed by atoms with E-state index in [1.165, 1.54) is 30.0 Å². The molecular formula is C16H19O. The molecule has 0 saturated heterocycles. The number of hydrogen-bond donors (Lipinski definition) is 0. The van der Waals surface area contributed by atoms with Crippen molar-refractivity contribution in [1.82, 2.24) is 0 Å². The zero-order valence-corrected chi connectivity index (χ0v) is 10.4. The molecule has 0 fully saturated rings. The van der Waals surface area contributed by atoms with Gasteiger partial charge in [-0.25, -0.2) is 0 Å². The first-order valence-corrected chi connectivity index (χ1v) is 6.43. The summed E-state index contributed by atoms with van der Waals surface area (Å²) in [7, 11) is 0. The third-order valence-corrected chi connectivity index (χ3v) is 2.92. The summed E-state index contributed by atoms with van der Waals surface area (Å²) in [5.74, 6) is 0.972. The van der Waals surface area contributed by atoms with Crippen molar-refractivity contribution in [3.8, 4) is 5.75 Å². The quantitative estimate of drug-likeness (QED) is 0.655. The van der Waals surface area contributed by atoms with Gasteiger partial charge in [0, 0.05) is 0 Å². The number of fused-ring (bicyclic) bond motifs is 1. The monoisotopic (exact) mass is 227 g/mol. The molecule has 0 amide bonds. The molecule has 1 heteroatoms. The van der Waals surface area contributed by atoms with Crippen LogP contribution in [-0.4, -0.2) is 6.61 Å². The topological polar surface area (TPSA) is 9.23 Å². The van der Waals surface area contributed by atoms with E-state index >= 15 is 0 Å². The molecule has 0 saturated carbocycles. The van der Waals surface area contributed by atoms with Crippen LogP contribution < -0.4 is 4.74 Å². The minimum Gasteiger partial charge on any atom is -0.494 e. The van der Waals surface area contributed by atoms with Gasteiger partial charge in [0.25, 0.3) is 0 Å². The molecule has 0 spiro atoms. The molecule has 0 atom stereocenters. The Balaban J connectivity index is 1.90. The minimum absolute atomic E-state index is 0.824. The van der Waals surface area contributed by atoms with Gasteiger partial charge in [0.15, 0.2) is 0 Å². The number of unbranched alkanes of at least 4 members (excludes halogenated alkanes) is 3. The Morgan fingerprint density at radius 1 is 1.06 bits per heavy atom. The molecule has 1 nitrogen and oxygen atoms in total. The molecule has 0 aliphatic rings. The molecule has 0 heterocycles. The lowest BCUT2D eigenvalue weighted by atomic mass is 10.1. The maximum Gasteiger partial charge on any atom is 0.119 e. The summed E-state index contributed by atoms with van der Waals surface area (Å²) >= 11 is 0. The summed E-state index contributed by atoms with van der Waals surface area (Å²) in [5, 5.41) is 2.43. The smallest absolute Gasteiger partial charge is 0.119 e. The van der Waals surface area contributed by atoms with Crippen LogP contribution in [0.2, 0.25) is 0 Å². The summed E-state index contributed by atoms with van der Waals surface area (Å²) in [4.78, 5) is 0. The highest BCUT2D eigenvalue weighted by Crippen LogP contribution is 2.20. The summed E-state index contributed by atoms with van der Waals surface area (Å²) in [6, 6.07) is 15.3. The first-order valence-electron chi connectivity index (χ1n) is 6.43. The number of ether oxygens (including phenoxy) is 1. The van der Waals surface area contributed by atoms with E-state index in [-0.39, 0.29) is 0 Å². The normalized spacial score (nSPS) is 10.6. The molecular weight excluding hydrogens is 208 g/mol. The Morgan fingerprint density at radius 3 is 2.88 bits per heavy atom. The van der Waals surface area contributed by atoms with Gasteiger partial charge < -0.3 is 4.74 Å². The van der Waals surface area contributed by atoms with Crippen molar-refractivity contribution in [1.29, 1.82) is 0 Å². The van der Waals surface area contributed by atoms with Gasteiger partial charge in [-0.1, -0.05) is 44.4 Å². The fourth-order valence-corrected chi connectivity index (χ4v) is 1.91. The number of benzene rings is 2. The molecule has 2 aromatic rings. The lowest BCUT2D eigenvalue weighted by molar-refractivity contribution is 0.305. The van der Waals surface area contributed by atoms with Crippen LogP contribution in [0, 0.1) is 6.07 Å². The zero-order chi connectivity index (χ0) is 11.9. The Kier molecular flexibility index (Phi) is 4.43. The average Bonchev–Trinajstić information content (AvgIpc) is 2.38. The lowest BCUT2D eigenvalue weighted by Gasteiger charge is -2.07. The molecule has 0 N–H and O–H groups in total. The number of hydrogen-bond acceptors (Lipinski definition) is 1. The van der Waals surface area contributed by atoms with Gasteiger partial charge >= 0.3 is 0 Å². The Morgan fingerprint density at radius 2 is 2.00 bits per heavy atom. The van der Waals surface area contributed by atoms with E-state index in [4.69, 9.17) is 4.74 Å². The van der Waals surface area contributed by atoms with Crippen LogP contribution in [0.3, 0.4) is 0 Å². The standard InChI is InChI=1S/C16H19O/c1-2-3-4-7-12-17-16-11-10-14-8-5-6-9-15(14)13-16/h6,8-11,13H,2-4,7,12H2,1H3. The van der Waals surface area contributed by atoms with Crippen molar-refractivity contribution in [2.24, 2.45) is 0 Å². The summed E-state index contributed by atoms with van der Waals surface area (Å²) in [5.41, 5.74) is 0. The van der Waals surface area contributed by atoms with E-state index in [9.17, 15) is 0 Å². The lowest BCUT2D eigenvalue weighted by Crippen LogP contribution is -1.96. The predicted molar refractivity (Wildman–Crippen MR) is 72.4 cm³/mol. The van der Waals surface area contributed by atoms with Crippen LogP contribution in [0.5, 0.6) is 5.75 Å². The average molecular weight is 227 g/mol. The van der Waals surface area contributed by atoms with Gasteiger partial charge in [-0.05, 0) is 41.5 Å². The van der Waals surface area contributed by atoms with Gasteiger partial charge in [-0.3, -0.25) is 0 Å². The van der Waals surface area contributed by atoms with Gasteiger partial charge in [0.1, 0.15) is 5.75 Å². The second-order valence-electron chi connectivity index (χ2n) is 4.34. The molecule has 17 heavy (non-hydrogen) atoms. The van der Waals surface area contributed by atoms with Crippen LogP contribution >= 0.6 is 0 Å². The van der Waals surface area contributed by atoms with E-state index in [1.54, 1.807) is 0 Å². The van der Waals surface area contributed by atoms with Crippen LogP contribution in [0.25, 0.3) is 10.8 Å². The van der Waals surface area contributed by atoms with Crippen molar-refractivity contribution in [2.45, 2.75) is 32.6 Å².